The van der Waals surface area contributed by atoms with E-state index >= 15 is 0 Å². The molecular weight excluding hydrogens is 695 g/mol. The minimum atomic E-state index is -0.777. The zero-order valence-electron chi connectivity index (χ0n) is 38.0. The summed E-state index contributed by atoms with van der Waals surface area (Å²) in [5.41, 5.74) is 0. The SMILES string of the molecule is CCCCCCCCCCCCCCCCCC(CC(=O)NC(CO)C(O)CCCCCCCCCCCC)OC(=O)CCCCCCCCCCCCCC. The quantitative estimate of drug-likeness (QED) is 0.0421. The molecule has 3 unspecified atom stereocenters. The molecule has 0 radical (unpaired) electrons. The van der Waals surface area contributed by atoms with Gasteiger partial charge < -0.3 is 20.3 Å². The highest BCUT2D eigenvalue weighted by molar-refractivity contribution is 5.77. The van der Waals surface area contributed by atoms with Crippen LogP contribution in [0.5, 0.6) is 0 Å². The van der Waals surface area contributed by atoms with Crippen LogP contribution in [-0.4, -0.2) is 46.9 Å². The number of carbonyl (C=O) groups excluding carboxylic acids is 2. The molecule has 0 aliphatic heterocycles. The molecule has 0 rings (SSSR count). The molecule has 0 bridgehead atoms. The highest BCUT2D eigenvalue weighted by atomic mass is 16.5. The Balaban J connectivity index is 4.53. The molecular formula is C50H99NO5. The van der Waals surface area contributed by atoms with Crippen molar-refractivity contribution in [3.8, 4) is 0 Å². The zero-order chi connectivity index (χ0) is 41.0. The third-order valence-corrected chi connectivity index (χ3v) is 11.9. The summed E-state index contributed by atoms with van der Waals surface area (Å²) in [7, 11) is 0. The molecule has 0 spiro atoms. The molecule has 0 aromatic carbocycles. The Hall–Kier alpha value is -1.14. The van der Waals surface area contributed by atoms with Gasteiger partial charge in [0.15, 0.2) is 0 Å². The molecule has 3 atom stereocenters. The Morgan fingerprint density at radius 2 is 0.750 bits per heavy atom. The molecule has 56 heavy (non-hydrogen) atoms. The number of esters is 1. The largest absolute Gasteiger partial charge is 0.462 e. The maximum atomic E-state index is 13.2. The lowest BCUT2D eigenvalue weighted by Gasteiger charge is -2.24. The average Bonchev–Trinajstić information content (AvgIpc) is 3.19. The zero-order valence-corrected chi connectivity index (χ0v) is 38.0. The topological polar surface area (TPSA) is 95.9 Å². The van der Waals surface area contributed by atoms with Gasteiger partial charge >= 0.3 is 5.97 Å². The van der Waals surface area contributed by atoms with Crippen LogP contribution in [-0.2, 0) is 14.3 Å². The molecule has 334 valence electrons. The second kappa shape index (κ2) is 45.0. The second-order valence-electron chi connectivity index (χ2n) is 17.6. The maximum absolute atomic E-state index is 13.2. The number of hydrogen-bond donors (Lipinski definition) is 3. The number of rotatable bonds is 46. The van der Waals surface area contributed by atoms with E-state index in [-0.39, 0.29) is 24.9 Å². The lowest BCUT2D eigenvalue weighted by Crippen LogP contribution is -2.46. The van der Waals surface area contributed by atoms with Crippen LogP contribution in [0.4, 0.5) is 0 Å². The number of hydrogen-bond acceptors (Lipinski definition) is 5. The van der Waals surface area contributed by atoms with Crippen molar-refractivity contribution >= 4 is 11.9 Å². The highest BCUT2D eigenvalue weighted by Gasteiger charge is 2.24. The Morgan fingerprint density at radius 3 is 1.09 bits per heavy atom. The first-order chi connectivity index (χ1) is 27.5. The minimum absolute atomic E-state index is 0.0876. The first-order valence-corrected chi connectivity index (χ1v) is 25.3. The van der Waals surface area contributed by atoms with Crippen LogP contribution in [0.2, 0.25) is 0 Å². The molecule has 0 aliphatic carbocycles. The van der Waals surface area contributed by atoms with Crippen molar-refractivity contribution in [1.29, 1.82) is 0 Å². The standard InChI is InChI=1S/C50H99NO5/c1-4-7-10-13-16-19-22-24-25-26-27-29-32-35-38-41-46(56-50(55)43-40-37-34-31-28-23-20-17-14-11-8-5-2)44-49(54)51-47(45-52)48(53)42-39-36-33-30-21-18-15-12-9-6-3/h46-48,52-53H,4-45H2,1-3H3,(H,51,54). The molecule has 1 amide bonds. The number of aliphatic hydroxyl groups is 2. The summed E-state index contributed by atoms with van der Waals surface area (Å²) in [6.07, 6.45) is 47.3. The Labute approximate surface area is 349 Å². The van der Waals surface area contributed by atoms with Gasteiger partial charge in [0.05, 0.1) is 25.2 Å². The van der Waals surface area contributed by atoms with Crippen LogP contribution < -0.4 is 5.32 Å². The molecule has 0 aliphatic rings. The van der Waals surface area contributed by atoms with E-state index in [0.717, 1.165) is 44.9 Å². The molecule has 0 heterocycles. The van der Waals surface area contributed by atoms with E-state index in [4.69, 9.17) is 4.74 Å². The van der Waals surface area contributed by atoms with E-state index < -0.39 is 18.2 Å². The van der Waals surface area contributed by atoms with E-state index in [1.54, 1.807) is 0 Å². The van der Waals surface area contributed by atoms with E-state index in [1.165, 1.54) is 193 Å². The van der Waals surface area contributed by atoms with Gasteiger partial charge in [0.2, 0.25) is 5.91 Å². The summed E-state index contributed by atoms with van der Waals surface area (Å²) in [4.78, 5) is 26.1. The molecule has 6 heteroatoms. The van der Waals surface area contributed by atoms with Crippen molar-refractivity contribution in [2.45, 2.75) is 302 Å². The fourth-order valence-corrected chi connectivity index (χ4v) is 8.08. The first kappa shape index (κ1) is 54.9. The van der Waals surface area contributed by atoms with Gasteiger partial charge in [-0.3, -0.25) is 9.59 Å². The highest BCUT2D eigenvalue weighted by Crippen LogP contribution is 2.19. The van der Waals surface area contributed by atoms with Crippen molar-refractivity contribution in [2.75, 3.05) is 6.61 Å². The van der Waals surface area contributed by atoms with Gasteiger partial charge in [-0.05, 0) is 25.7 Å². The summed E-state index contributed by atoms with van der Waals surface area (Å²) in [5, 5.41) is 23.7. The first-order valence-electron chi connectivity index (χ1n) is 25.3. The second-order valence-corrected chi connectivity index (χ2v) is 17.6. The van der Waals surface area contributed by atoms with Crippen molar-refractivity contribution in [3.05, 3.63) is 0 Å². The fraction of sp³-hybridized carbons (Fsp3) is 0.960. The van der Waals surface area contributed by atoms with Crippen LogP contribution in [0.15, 0.2) is 0 Å². The average molecular weight is 794 g/mol. The van der Waals surface area contributed by atoms with Crippen LogP contribution in [0.1, 0.15) is 284 Å². The van der Waals surface area contributed by atoms with E-state index in [1.807, 2.05) is 0 Å². The number of aliphatic hydroxyl groups excluding tert-OH is 2. The number of carbonyl (C=O) groups is 2. The van der Waals surface area contributed by atoms with Gasteiger partial charge in [-0.2, -0.15) is 0 Å². The third-order valence-electron chi connectivity index (χ3n) is 11.9. The van der Waals surface area contributed by atoms with Crippen LogP contribution in [0.3, 0.4) is 0 Å². The van der Waals surface area contributed by atoms with Crippen molar-refractivity contribution in [3.63, 3.8) is 0 Å². The lowest BCUT2D eigenvalue weighted by atomic mass is 10.0. The van der Waals surface area contributed by atoms with Gasteiger partial charge in [-0.1, -0.05) is 245 Å². The fourth-order valence-electron chi connectivity index (χ4n) is 8.08. The lowest BCUT2D eigenvalue weighted by molar-refractivity contribution is -0.151. The van der Waals surface area contributed by atoms with E-state index in [2.05, 4.69) is 26.1 Å². The summed E-state index contributed by atoms with van der Waals surface area (Å²) < 4.78 is 5.93. The summed E-state index contributed by atoms with van der Waals surface area (Å²) in [5.74, 6) is -0.453. The molecule has 6 nitrogen and oxygen atoms in total. The van der Waals surface area contributed by atoms with Crippen molar-refractivity contribution < 1.29 is 24.5 Å². The van der Waals surface area contributed by atoms with Crippen LogP contribution in [0.25, 0.3) is 0 Å². The van der Waals surface area contributed by atoms with E-state index in [9.17, 15) is 19.8 Å². The molecule has 0 fully saturated rings. The predicted molar refractivity (Wildman–Crippen MR) is 241 cm³/mol. The van der Waals surface area contributed by atoms with E-state index in [0.29, 0.717) is 19.3 Å². The number of amides is 1. The molecule has 0 saturated carbocycles. The van der Waals surface area contributed by atoms with Gasteiger partial charge in [0.1, 0.15) is 6.10 Å². The summed E-state index contributed by atoms with van der Waals surface area (Å²) in [6.45, 7) is 6.49. The third kappa shape index (κ3) is 39.7. The molecule has 3 N–H and O–H groups in total. The van der Waals surface area contributed by atoms with Gasteiger partial charge in [-0.25, -0.2) is 0 Å². The smallest absolute Gasteiger partial charge is 0.306 e. The Bertz CT molecular complexity index is 806. The van der Waals surface area contributed by atoms with Crippen LogP contribution >= 0.6 is 0 Å². The van der Waals surface area contributed by atoms with Crippen molar-refractivity contribution in [2.24, 2.45) is 0 Å². The molecule has 0 aromatic heterocycles. The molecule has 0 aromatic rings. The number of nitrogens with one attached hydrogen (secondary N) is 1. The van der Waals surface area contributed by atoms with Gasteiger partial charge in [0, 0.05) is 6.42 Å². The summed E-state index contributed by atoms with van der Waals surface area (Å²) in [6, 6.07) is -0.690. The van der Waals surface area contributed by atoms with Crippen molar-refractivity contribution in [1.82, 2.24) is 5.32 Å². The summed E-state index contributed by atoms with van der Waals surface area (Å²) >= 11 is 0. The Morgan fingerprint density at radius 1 is 0.446 bits per heavy atom. The van der Waals surface area contributed by atoms with Gasteiger partial charge in [0.25, 0.3) is 0 Å². The number of unbranched alkanes of at least 4 members (excludes halogenated alkanes) is 34. The maximum Gasteiger partial charge on any atom is 0.306 e. The molecule has 0 saturated heterocycles. The normalized spacial score (nSPS) is 13.2. The Kier molecular flexibility index (Phi) is 44.0. The number of ether oxygens (including phenoxy) is 1. The predicted octanol–water partition coefficient (Wildman–Crippen LogP) is 14.8. The monoisotopic (exact) mass is 794 g/mol. The van der Waals surface area contributed by atoms with Crippen LogP contribution in [0, 0.1) is 0 Å². The van der Waals surface area contributed by atoms with Gasteiger partial charge in [-0.15, -0.1) is 0 Å². The minimum Gasteiger partial charge on any atom is -0.462 e.